The first-order valence-electron chi connectivity index (χ1n) is 10.1. The van der Waals surface area contributed by atoms with Crippen LogP contribution in [0.2, 0.25) is 0 Å². The number of ether oxygens (including phenoxy) is 1. The highest BCUT2D eigenvalue weighted by Gasteiger charge is 2.09. The van der Waals surface area contributed by atoms with Crippen LogP contribution in [0.3, 0.4) is 0 Å². The molecule has 0 atom stereocenters. The molecule has 6 nitrogen and oxygen atoms in total. The Balaban J connectivity index is 1.78. The highest BCUT2D eigenvalue weighted by molar-refractivity contribution is 14.1. The average molecular weight is 528 g/mol. The predicted octanol–water partition coefficient (Wildman–Crippen LogP) is 4.88. The van der Waals surface area contributed by atoms with E-state index in [1.165, 1.54) is 3.57 Å². The Morgan fingerprint density at radius 2 is 1.81 bits per heavy atom. The number of anilines is 1. The maximum Gasteiger partial charge on any atom is 0.271 e. The van der Waals surface area contributed by atoms with Crippen LogP contribution < -0.4 is 15.1 Å². The zero-order chi connectivity index (χ0) is 22.1. The van der Waals surface area contributed by atoms with Crippen molar-refractivity contribution in [3.63, 3.8) is 0 Å². The van der Waals surface area contributed by atoms with E-state index in [0.717, 1.165) is 29.9 Å². The molecule has 0 aliphatic rings. The molecule has 160 valence electrons. The van der Waals surface area contributed by atoms with E-state index in [0.29, 0.717) is 17.9 Å². The van der Waals surface area contributed by atoms with Crippen LogP contribution in [0.15, 0.2) is 72.1 Å². The van der Waals surface area contributed by atoms with Crippen LogP contribution >= 0.6 is 22.6 Å². The van der Waals surface area contributed by atoms with Gasteiger partial charge in [0, 0.05) is 51.9 Å². The molecule has 0 fully saturated rings. The van der Waals surface area contributed by atoms with Crippen molar-refractivity contribution >= 4 is 40.4 Å². The Morgan fingerprint density at radius 1 is 1.10 bits per heavy atom. The van der Waals surface area contributed by atoms with Crippen molar-refractivity contribution < 1.29 is 9.53 Å². The molecule has 2 aromatic carbocycles. The first kappa shape index (κ1) is 22.7. The number of amides is 1. The second kappa shape index (κ2) is 11.5. The van der Waals surface area contributed by atoms with Crippen LogP contribution in [-0.4, -0.2) is 30.2 Å². The van der Waals surface area contributed by atoms with Gasteiger partial charge in [-0.25, -0.2) is 5.43 Å². The van der Waals surface area contributed by atoms with Gasteiger partial charge in [-0.3, -0.25) is 9.78 Å². The summed E-state index contributed by atoms with van der Waals surface area (Å²) >= 11 is 2.28. The number of carbonyl (C=O) groups is 1. The second-order valence-electron chi connectivity index (χ2n) is 6.74. The summed E-state index contributed by atoms with van der Waals surface area (Å²) in [7, 11) is 0. The van der Waals surface area contributed by atoms with Gasteiger partial charge < -0.3 is 9.64 Å². The number of hydrogen-bond donors (Lipinski definition) is 1. The number of aromatic nitrogens is 1. The number of carbonyl (C=O) groups excluding carboxylic acids is 1. The molecule has 0 spiro atoms. The second-order valence-corrected chi connectivity index (χ2v) is 7.99. The summed E-state index contributed by atoms with van der Waals surface area (Å²) in [5, 5.41) is 4.12. The van der Waals surface area contributed by atoms with E-state index in [1.54, 1.807) is 30.7 Å². The Bertz CT molecular complexity index is 1020. The van der Waals surface area contributed by atoms with E-state index >= 15 is 0 Å². The van der Waals surface area contributed by atoms with Gasteiger partial charge in [0.05, 0.1) is 6.21 Å². The van der Waals surface area contributed by atoms with Crippen molar-refractivity contribution in [2.75, 3.05) is 18.0 Å². The molecule has 7 heteroatoms. The van der Waals surface area contributed by atoms with E-state index < -0.39 is 0 Å². The summed E-state index contributed by atoms with van der Waals surface area (Å²) in [5.41, 5.74) is 6.01. The number of hydrogen-bond acceptors (Lipinski definition) is 5. The first-order chi connectivity index (χ1) is 15.1. The van der Waals surface area contributed by atoms with Crippen molar-refractivity contribution in [1.82, 2.24) is 10.4 Å². The van der Waals surface area contributed by atoms with Gasteiger partial charge in [0.25, 0.3) is 5.91 Å². The molecule has 0 aliphatic heterocycles. The van der Waals surface area contributed by atoms with E-state index in [4.69, 9.17) is 4.74 Å². The summed E-state index contributed by atoms with van der Waals surface area (Å²) in [6.45, 7) is 6.51. The van der Waals surface area contributed by atoms with E-state index in [-0.39, 0.29) is 5.91 Å². The Morgan fingerprint density at radius 3 is 2.48 bits per heavy atom. The van der Waals surface area contributed by atoms with Gasteiger partial charge >= 0.3 is 0 Å². The van der Waals surface area contributed by atoms with Crippen molar-refractivity contribution in [1.29, 1.82) is 0 Å². The summed E-state index contributed by atoms with van der Waals surface area (Å²) < 4.78 is 7.33. The van der Waals surface area contributed by atoms with Crippen LogP contribution in [-0.2, 0) is 6.61 Å². The molecule has 0 unspecified atom stereocenters. The van der Waals surface area contributed by atoms with Crippen molar-refractivity contribution in [3.05, 3.63) is 87.3 Å². The third-order valence-corrected chi connectivity index (χ3v) is 5.46. The monoisotopic (exact) mass is 528 g/mol. The van der Waals surface area contributed by atoms with E-state index in [9.17, 15) is 4.79 Å². The van der Waals surface area contributed by atoms with Crippen molar-refractivity contribution in [2.45, 2.75) is 20.5 Å². The van der Waals surface area contributed by atoms with E-state index in [1.807, 2.05) is 18.2 Å². The lowest BCUT2D eigenvalue weighted by Gasteiger charge is -2.22. The number of benzene rings is 2. The summed E-state index contributed by atoms with van der Waals surface area (Å²) in [6.07, 6.45) is 4.75. The molecule has 3 aromatic rings. The van der Waals surface area contributed by atoms with Crippen molar-refractivity contribution in [2.24, 2.45) is 5.10 Å². The molecule has 0 saturated carbocycles. The third kappa shape index (κ3) is 6.52. The number of nitrogens with zero attached hydrogens (tertiary/aromatic N) is 3. The molecule has 0 aliphatic carbocycles. The molecule has 0 radical (unpaired) electrons. The average Bonchev–Trinajstić information content (AvgIpc) is 2.81. The van der Waals surface area contributed by atoms with Gasteiger partial charge in [0.2, 0.25) is 0 Å². The summed E-state index contributed by atoms with van der Waals surface area (Å²) in [6, 6.07) is 17.5. The van der Waals surface area contributed by atoms with Gasteiger partial charge in [0.15, 0.2) is 0 Å². The lowest BCUT2D eigenvalue weighted by atomic mass is 10.1. The van der Waals surface area contributed by atoms with E-state index in [2.05, 4.69) is 81.1 Å². The highest BCUT2D eigenvalue weighted by atomic mass is 127. The molecule has 0 saturated heterocycles. The summed E-state index contributed by atoms with van der Waals surface area (Å²) in [5.74, 6) is 0.421. The molecule has 3 rings (SSSR count). The molecule has 0 bridgehead atoms. The zero-order valence-electron chi connectivity index (χ0n) is 17.6. The van der Waals surface area contributed by atoms with Crippen LogP contribution in [0.4, 0.5) is 5.69 Å². The minimum atomic E-state index is -0.292. The zero-order valence-corrected chi connectivity index (χ0v) is 19.7. The largest absolute Gasteiger partial charge is 0.488 e. The molecule has 1 aromatic heterocycles. The topological polar surface area (TPSA) is 66.8 Å². The fraction of sp³-hybridized carbons (Fsp3) is 0.208. The third-order valence-electron chi connectivity index (χ3n) is 4.75. The van der Waals surface area contributed by atoms with Gasteiger partial charge in [-0.2, -0.15) is 5.10 Å². The summed E-state index contributed by atoms with van der Waals surface area (Å²) in [4.78, 5) is 18.4. The first-order valence-corrected chi connectivity index (χ1v) is 11.2. The van der Waals surface area contributed by atoms with Crippen LogP contribution in [0.1, 0.15) is 35.3 Å². The van der Waals surface area contributed by atoms with Crippen LogP contribution in [0.25, 0.3) is 0 Å². The van der Waals surface area contributed by atoms with Crippen LogP contribution in [0.5, 0.6) is 5.75 Å². The lowest BCUT2D eigenvalue weighted by molar-refractivity contribution is 0.0955. The highest BCUT2D eigenvalue weighted by Crippen LogP contribution is 2.26. The predicted molar refractivity (Wildman–Crippen MR) is 133 cm³/mol. The minimum absolute atomic E-state index is 0.292. The minimum Gasteiger partial charge on any atom is -0.488 e. The van der Waals surface area contributed by atoms with Crippen molar-refractivity contribution in [3.8, 4) is 5.75 Å². The van der Waals surface area contributed by atoms with Gasteiger partial charge in [-0.1, -0.05) is 12.1 Å². The number of hydrazone groups is 1. The molecular formula is C24H25IN4O2. The molecule has 1 N–H and O–H groups in total. The maximum atomic E-state index is 12.2. The van der Waals surface area contributed by atoms with Crippen LogP contribution in [0, 0.1) is 3.57 Å². The Hall–Kier alpha value is -2.94. The molecule has 31 heavy (non-hydrogen) atoms. The number of nitrogens with one attached hydrogen (secondary N) is 1. The lowest BCUT2D eigenvalue weighted by Crippen LogP contribution is -2.21. The Kier molecular flexibility index (Phi) is 8.40. The van der Waals surface area contributed by atoms with Gasteiger partial charge in [-0.15, -0.1) is 0 Å². The van der Waals surface area contributed by atoms with Gasteiger partial charge in [-0.05, 0) is 78.4 Å². The van der Waals surface area contributed by atoms with Gasteiger partial charge in [0.1, 0.15) is 12.4 Å². The standard InChI is InChI=1S/C24H25IN4O2/c1-3-29(4-2)22-10-7-20(16-27-28-24(30)19-11-13-26-14-12-19)23(15-22)31-17-18-5-8-21(25)9-6-18/h5-16H,3-4,17H2,1-2H3,(H,28,30)/b27-16-. The number of rotatable bonds is 9. The quantitative estimate of drug-likeness (QED) is 0.245. The maximum absolute atomic E-state index is 12.2. The number of halogens is 1. The SMILES string of the molecule is CCN(CC)c1ccc(/C=N\NC(=O)c2ccncc2)c(OCc2ccc(I)cc2)c1. The normalized spacial score (nSPS) is 10.8. The molecule has 1 heterocycles. The molecular weight excluding hydrogens is 503 g/mol. The Labute approximate surface area is 196 Å². The fourth-order valence-corrected chi connectivity index (χ4v) is 3.37. The number of pyridine rings is 1. The fourth-order valence-electron chi connectivity index (χ4n) is 3.01. The molecule has 1 amide bonds. The smallest absolute Gasteiger partial charge is 0.271 e.